The average Bonchev–Trinajstić information content (AvgIpc) is 2.29. The van der Waals surface area contributed by atoms with Crippen LogP contribution in [0, 0.1) is 0 Å². The second-order valence-corrected chi connectivity index (χ2v) is 6.00. The van der Waals surface area contributed by atoms with Crippen LogP contribution in [0.5, 0.6) is 0 Å². The van der Waals surface area contributed by atoms with Crippen LogP contribution >= 0.6 is 27.7 Å². The van der Waals surface area contributed by atoms with Crippen LogP contribution < -0.4 is 4.90 Å². The lowest BCUT2D eigenvalue weighted by Crippen LogP contribution is -2.40. The minimum atomic E-state index is 0.492. The molecule has 1 unspecified atom stereocenters. The zero-order chi connectivity index (χ0) is 11.5. The van der Waals surface area contributed by atoms with Gasteiger partial charge in [0.25, 0.3) is 0 Å². The van der Waals surface area contributed by atoms with E-state index >= 15 is 0 Å². The molecule has 1 aromatic rings. The van der Waals surface area contributed by atoms with Crippen LogP contribution in [0.3, 0.4) is 0 Å². The van der Waals surface area contributed by atoms with Gasteiger partial charge in [0, 0.05) is 39.8 Å². The summed E-state index contributed by atoms with van der Waals surface area (Å²) in [5.74, 6) is 2.26. The lowest BCUT2D eigenvalue weighted by molar-refractivity contribution is 0.112. The van der Waals surface area contributed by atoms with Gasteiger partial charge < -0.3 is 4.90 Å². The van der Waals surface area contributed by atoms with E-state index in [1.807, 2.05) is 30.0 Å². The molecule has 1 aromatic carbocycles. The first kappa shape index (κ1) is 12.0. The van der Waals surface area contributed by atoms with Crippen molar-refractivity contribution >= 4 is 39.7 Å². The van der Waals surface area contributed by atoms with E-state index in [4.69, 9.17) is 0 Å². The maximum atomic E-state index is 11.0. The maximum Gasteiger partial charge on any atom is 0.152 e. The van der Waals surface area contributed by atoms with Crippen LogP contribution in [0.4, 0.5) is 5.69 Å². The van der Waals surface area contributed by atoms with Gasteiger partial charge in [-0.05, 0) is 25.1 Å². The number of hydrogen-bond donors (Lipinski definition) is 0. The van der Waals surface area contributed by atoms with Crippen molar-refractivity contribution in [2.75, 3.05) is 23.0 Å². The van der Waals surface area contributed by atoms with Crippen molar-refractivity contribution in [3.05, 3.63) is 28.2 Å². The van der Waals surface area contributed by atoms with Crippen molar-refractivity contribution in [3.63, 3.8) is 0 Å². The highest BCUT2D eigenvalue weighted by Gasteiger charge is 2.21. The predicted octanol–water partition coefficient (Wildman–Crippen LogP) is 3.20. The average molecular weight is 300 g/mol. The minimum absolute atomic E-state index is 0.492. The third kappa shape index (κ3) is 2.43. The van der Waals surface area contributed by atoms with E-state index in [0.29, 0.717) is 6.04 Å². The van der Waals surface area contributed by atoms with E-state index in [-0.39, 0.29) is 0 Å². The van der Waals surface area contributed by atoms with E-state index in [2.05, 4.69) is 27.8 Å². The Morgan fingerprint density at radius 1 is 1.56 bits per heavy atom. The fourth-order valence-electron chi connectivity index (χ4n) is 1.95. The number of nitrogens with zero attached hydrogens (tertiary/aromatic N) is 1. The van der Waals surface area contributed by atoms with Crippen molar-refractivity contribution in [1.82, 2.24) is 0 Å². The third-order valence-corrected chi connectivity index (χ3v) is 4.48. The largest absolute Gasteiger partial charge is 0.367 e. The van der Waals surface area contributed by atoms with Crippen LogP contribution in [0.15, 0.2) is 22.7 Å². The number of anilines is 1. The van der Waals surface area contributed by atoms with Crippen LogP contribution in [0.2, 0.25) is 0 Å². The number of rotatable bonds is 2. The van der Waals surface area contributed by atoms with Crippen molar-refractivity contribution < 1.29 is 4.79 Å². The van der Waals surface area contributed by atoms with E-state index in [0.717, 1.165) is 40.1 Å². The molecule has 16 heavy (non-hydrogen) atoms. The summed E-state index contributed by atoms with van der Waals surface area (Å²) in [7, 11) is 0. The Bertz CT molecular complexity index is 397. The molecule has 1 fully saturated rings. The summed E-state index contributed by atoms with van der Waals surface area (Å²) in [5, 5.41) is 0. The molecule has 0 bridgehead atoms. The van der Waals surface area contributed by atoms with Crippen LogP contribution in [-0.4, -0.2) is 30.4 Å². The highest BCUT2D eigenvalue weighted by atomic mass is 79.9. The molecule has 0 spiro atoms. The van der Waals surface area contributed by atoms with Crippen LogP contribution in [0.1, 0.15) is 17.3 Å². The number of carbonyl (C=O) groups is 1. The molecule has 2 rings (SSSR count). The Morgan fingerprint density at radius 3 is 3.06 bits per heavy atom. The number of hydrogen-bond acceptors (Lipinski definition) is 3. The van der Waals surface area contributed by atoms with E-state index in [9.17, 15) is 4.79 Å². The first-order valence-electron chi connectivity index (χ1n) is 5.31. The van der Waals surface area contributed by atoms with Gasteiger partial charge in [0.05, 0.1) is 0 Å². The molecular weight excluding hydrogens is 286 g/mol. The lowest BCUT2D eigenvalue weighted by Gasteiger charge is -2.35. The lowest BCUT2D eigenvalue weighted by atomic mass is 10.1. The third-order valence-electron chi connectivity index (χ3n) is 2.80. The Labute approximate surface area is 109 Å². The van der Waals surface area contributed by atoms with Gasteiger partial charge in [-0.15, -0.1) is 0 Å². The second-order valence-electron chi connectivity index (χ2n) is 3.94. The summed E-state index contributed by atoms with van der Waals surface area (Å²) in [4.78, 5) is 13.4. The summed E-state index contributed by atoms with van der Waals surface area (Å²) in [6.07, 6.45) is 0.941. The fourth-order valence-corrected chi connectivity index (χ4v) is 3.31. The number of carbonyl (C=O) groups excluding carboxylic acids is 1. The SMILES string of the molecule is CC1CSCCN1c1cc(Br)ccc1C=O. The Hall–Kier alpha value is -0.480. The molecule has 0 N–H and O–H groups in total. The van der Waals surface area contributed by atoms with Crippen molar-refractivity contribution in [3.8, 4) is 0 Å². The van der Waals surface area contributed by atoms with Gasteiger partial charge in [0.2, 0.25) is 0 Å². The van der Waals surface area contributed by atoms with Crippen molar-refractivity contribution in [2.24, 2.45) is 0 Å². The highest BCUT2D eigenvalue weighted by Crippen LogP contribution is 2.29. The zero-order valence-corrected chi connectivity index (χ0v) is 11.6. The molecule has 0 aromatic heterocycles. The molecule has 86 valence electrons. The van der Waals surface area contributed by atoms with Crippen LogP contribution in [-0.2, 0) is 0 Å². The van der Waals surface area contributed by atoms with Gasteiger partial charge in [0.1, 0.15) is 0 Å². The first-order valence-corrected chi connectivity index (χ1v) is 7.26. The quantitative estimate of drug-likeness (QED) is 0.782. The molecule has 1 atom stereocenters. The molecule has 0 aliphatic carbocycles. The monoisotopic (exact) mass is 299 g/mol. The Balaban J connectivity index is 2.36. The first-order chi connectivity index (χ1) is 7.72. The molecule has 1 aliphatic rings. The van der Waals surface area contributed by atoms with E-state index in [1.54, 1.807) is 0 Å². The van der Waals surface area contributed by atoms with Gasteiger partial charge in [-0.2, -0.15) is 11.8 Å². The topological polar surface area (TPSA) is 20.3 Å². The Morgan fingerprint density at radius 2 is 2.38 bits per heavy atom. The zero-order valence-electron chi connectivity index (χ0n) is 9.15. The minimum Gasteiger partial charge on any atom is -0.367 e. The molecular formula is C12H14BrNOS. The molecule has 0 amide bonds. The van der Waals surface area contributed by atoms with Crippen molar-refractivity contribution in [1.29, 1.82) is 0 Å². The molecule has 1 aliphatic heterocycles. The van der Waals surface area contributed by atoms with Gasteiger partial charge in [-0.3, -0.25) is 4.79 Å². The van der Waals surface area contributed by atoms with Crippen LogP contribution in [0.25, 0.3) is 0 Å². The second kappa shape index (κ2) is 5.23. The summed E-state index contributed by atoms with van der Waals surface area (Å²) >= 11 is 5.44. The normalized spacial score (nSPS) is 20.9. The van der Waals surface area contributed by atoms with Gasteiger partial charge in [-0.1, -0.05) is 15.9 Å². The molecule has 0 radical (unpaired) electrons. The molecule has 1 saturated heterocycles. The predicted molar refractivity (Wildman–Crippen MR) is 73.7 cm³/mol. The number of aldehydes is 1. The summed E-state index contributed by atoms with van der Waals surface area (Å²) in [6, 6.07) is 6.32. The smallest absolute Gasteiger partial charge is 0.152 e. The molecule has 1 heterocycles. The number of halogens is 1. The fraction of sp³-hybridized carbons (Fsp3) is 0.417. The summed E-state index contributed by atoms with van der Waals surface area (Å²) in [5.41, 5.74) is 1.83. The molecule has 0 saturated carbocycles. The highest BCUT2D eigenvalue weighted by molar-refractivity contribution is 9.10. The van der Waals surface area contributed by atoms with Gasteiger partial charge in [-0.25, -0.2) is 0 Å². The molecule has 2 nitrogen and oxygen atoms in total. The summed E-state index contributed by atoms with van der Waals surface area (Å²) in [6.45, 7) is 3.23. The maximum absolute atomic E-state index is 11.0. The summed E-state index contributed by atoms with van der Waals surface area (Å²) < 4.78 is 1.03. The van der Waals surface area contributed by atoms with Gasteiger partial charge in [0.15, 0.2) is 6.29 Å². The van der Waals surface area contributed by atoms with E-state index < -0.39 is 0 Å². The Kier molecular flexibility index (Phi) is 3.92. The van der Waals surface area contributed by atoms with Gasteiger partial charge >= 0.3 is 0 Å². The standard InChI is InChI=1S/C12H14BrNOS/c1-9-8-16-5-4-14(9)12-6-11(13)3-2-10(12)7-15/h2-3,6-7,9H,4-5,8H2,1H3. The van der Waals surface area contributed by atoms with E-state index in [1.165, 1.54) is 0 Å². The number of benzene rings is 1. The molecule has 4 heteroatoms. The number of thioether (sulfide) groups is 1. The van der Waals surface area contributed by atoms with Crippen molar-refractivity contribution in [2.45, 2.75) is 13.0 Å².